The van der Waals surface area contributed by atoms with E-state index in [1.165, 1.54) is 0 Å². The Morgan fingerprint density at radius 1 is 1.19 bits per heavy atom. The van der Waals surface area contributed by atoms with Crippen LogP contribution in [0.1, 0.15) is 56.1 Å². The highest BCUT2D eigenvalue weighted by Gasteiger charge is 2.36. The zero-order valence-electron chi connectivity index (χ0n) is 18.9. The summed E-state index contributed by atoms with van der Waals surface area (Å²) in [6.07, 6.45) is 3.52. The number of nitrogens with zero attached hydrogens (tertiary/aromatic N) is 4. The van der Waals surface area contributed by atoms with Crippen molar-refractivity contribution in [1.29, 1.82) is 0 Å². The van der Waals surface area contributed by atoms with E-state index < -0.39 is 5.60 Å². The average molecular weight is 424 g/mol. The zero-order valence-corrected chi connectivity index (χ0v) is 18.9. The van der Waals surface area contributed by atoms with Crippen LogP contribution < -0.4 is 5.69 Å². The molecule has 0 fully saturated rings. The second-order valence-corrected chi connectivity index (χ2v) is 9.18. The molecule has 1 N–H and O–H groups in total. The second kappa shape index (κ2) is 7.44. The monoisotopic (exact) mass is 423 g/mol. The highest BCUT2D eigenvalue weighted by atomic mass is 16.6. The standard InChI is InChI=1S/C23H29N5O3/c1-14-11-15(2)13-17(12-14)28-20(27-10-8-24-21(27)29)19-16(3)26(9-7-18(19)25-28)22(30)31-23(4,5)6/h8,10-13,16H,7,9H2,1-6H3,(H,24,29)/t16-/m0/s1. The summed E-state index contributed by atoms with van der Waals surface area (Å²) in [5, 5.41) is 4.88. The molecule has 164 valence electrons. The van der Waals surface area contributed by atoms with Crippen LogP contribution in [0, 0.1) is 13.8 Å². The number of rotatable bonds is 2. The van der Waals surface area contributed by atoms with E-state index in [-0.39, 0.29) is 17.8 Å². The third-order valence-corrected chi connectivity index (χ3v) is 5.40. The van der Waals surface area contributed by atoms with Gasteiger partial charge in [-0.1, -0.05) is 6.07 Å². The predicted octanol–water partition coefficient (Wildman–Crippen LogP) is 3.82. The number of ether oxygens (including phenoxy) is 1. The van der Waals surface area contributed by atoms with Crippen LogP contribution in [0.25, 0.3) is 11.5 Å². The van der Waals surface area contributed by atoms with Gasteiger partial charge in [-0.25, -0.2) is 14.3 Å². The lowest BCUT2D eigenvalue weighted by Gasteiger charge is -2.34. The number of aryl methyl sites for hydroxylation is 2. The summed E-state index contributed by atoms with van der Waals surface area (Å²) < 4.78 is 8.99. The topological polar surface area (TPSA) is 85.2 Å². The Labute approximate surface area is 181 Å². The van der Waals surface area contributed by atoms with E-state index in [0.29, 0.717) is 18.8 Å². The molecule has 8 nitrogen and oxygen atoms in total. The smallest absolute Gasteiger partial charge is 0.410 e. The third-order valence-electron chi connectivity index (χ3n) is 5.40. The van der Waals surface area contributed by atoms with Crippen LogP contribution in [0.3, 0.4) is 0 Å². The lowest BCUT2D eigenvalue weighted by atomic mass is 10.00. The van der Waals surface area contributed by atoms with E-state index in [1.807, 2.05) is 58.4 Å². The molecule has 0 aliphatic carbocycles. The number of benzene rings is 1. The molecular weight excluding hydrogens is 394 g/mol. The van der Waals surface area contributed by atoms with E-state index in [0.717, 1.165) is 28.1 Å². The van der Waals surface area contributed by atoms with Crippen molar-refractivity contribution >= 4 is 6.09 Å². The first kappa shape index (κ1) is 21.0. The molecule has 0 saturated heterocycles. The van der Waals surface area contributed by atoms with Gasteiger partial charge < -0.3 is 14.6 Å². The van der Waals surface area contributed by atoms with Gasteiger partial charge in [-0.05, 0) is 64.8 Å². The van der Waals surface area contributed by atoms with Gasteiger partial charge >= 0.3 is 11.8 Å². The third kappa shape index (κ3) is 3.89. The Morgan fingerprint density at radius 3 is 2.45 bits per heavy atom. The largest absolute Gasteiger partial charge is 0.444 e. The predicted molar refractivity (Wildman–Crippen MR) is 118 cm³/mol. The molecular formula is C23H29N5O3. The van der Waals surface area contributed by atoms with Crippen molar-refractivity contribution in [3.8, 4) is 11.5 Å². The van der Waals surface area contributed by atoms with E-state index in [2.05, 4.69) is 11.1 Å². The SMILES string of the molecule is Cc1cc(C)cc(-n2nc3c(c2-n2cc[nH]c2=O)[C@H](C)N(C(=O)OC(C)(C)C)CC3)c1. The van der Waals surface area contributed by atoms with Crippen molar-refractivity contribution in [3.05, 3.63) is 63.5 Å². The van der Waals surface area contributed by atoms with E-state index in [9.17, 15) is 9.59 Å². The molecule has 0 radical (unpaired) electrons. The normalized spacial score (nSPS) is 16.3. The Morgan fingerprint density at radius 2 is 1.87 bits per heavy atom. The van der Waals surface area contributed by atoms with Crippen LogP contribution in [0.4, 0.5) is 4.79 Å². The van der Waals surface area contributed by atoms with Crippen molar-refractivity contribution < 1.29 is 9.53 Å². The molecule has 4 rings (SSSR count). The van der Waals surface area contributed by atoms with Gasteiger partial charge in [-0.3, -0.25) is 4.57 Å². The molecule has 0 saturated carbocycles. The number of imidazole rings is 1. The molecule has 3 heterocycles. The molecule has 1 amide bonds. The van der Waals surface area contributed by atoms with Gasteiger partial charge in [-0.15, -0.1) is 0 Å². The minimum atomic E-state index is -0.583. The zero-order chi connectivity index (χ0) is 22.5. The number of aromatic nitrogens is 4. The van der Waals surface area contributed by atoms with Crippen molar-refractivity contribution in [2.24, 2.45) is 0 Å². The summed E-state index contributed by atoms with van der Waals surface area (Å²) in [7, 11) is 0. The Kier molecular flexibility index (Phi) is 5.03. The van der Waals surface area contributed by atoms with Gasteiger partial charge in [-0.2, -0.15) is 5.10 Å². The summed E-state index contributed by atoms with van der Waals surface area (Å²) in [5.74, 6) is 0.645. The number of amides is 1. The number of hydrogen-bond acceptors (Lipinski definition) is 4. The number of H-pyrrole nitrogens is 1. The Hall–Kier alpha value is -3.29. The number of carbonyl (C=O) groups excluding carboxylic acids is 1. The summed E-state index contributed by atoms with van der Waals surface area (Å²) >= 11 is 0. The quantitative estimate of drug-likeness (QED) is 0.679. The second-order valence-electron chi connectivity index (χ2n) is 9.18. The molecule has 0 bridgehead atoms. The fourth-order valence-corrected chi connectivity index (χ4v) is 4.20. The maximum Gasteiger partial charge on any atom is 0.410 e. The van der Waals surface area contributed by atoms with Gasteiger partial charge in [0.2, 0.25) is 0 Å². The lowest BCUT2D eigenvalue weighted by molar-refractivity contribution is 0.0159. The van der Waals surface area contributed by atoms with Gasteiger partial charge in [0.15, 0.2) is 0 Å². The summed E-state index contributed by atoms with van der Waals surface area (Å²) in [5.41, 5.74) is 4.01. The van der Waals surface area contributed by atoms with Crippen molar-refractivity contribution in [2.75, 3.05) is 6.54 Å². The number of carbonyl (C=O) groups is 1. The number of fused-ring (bicyclic) bond motifs is 1. The van der Waals surface area contributed by atoms with E-state index in [1.54, 1.807) is 21.9 Å². The van der Waals surface area contributed by atoms with E-state index in [4.69, 9.17) is 9.84 Å². The van der Waals surface area contributed by atoms with Crippen LogP contribution in [-0.4, -0.2) is 42.5 Å². The first-order valence-corrected chi connectivity index (χ1v) is 10.5. The molecule has 1 atom stereocenters. The highest BCUT2D eigenvalue weighted by molar-refractivity contribution is 5.70. The Balaban J connectivity index is 1.89. The van der Waals surface area contributed by atoms with Crippen molar-refractivity contribution in [1.82, 2.24) is 24.2 Å². The van der Waals surface area contributed by atoms with Crippen LogP contribution in [0.5, 0.6) is 0 Å². The molecule has 8 heteroatoms. The van der Waals surface area contributed by atoms with Crippen LogP contribution in [-0.2, 0) is 11.2 Å². The number of hydrogen-bond donors (Lipinski definition) is 1. The summed E-state index contributed by atoms with van der Waals surface area (Å²) in [4.78, 5) is 29.9. The molecule has 31 heavy (non-hydrogen) atoms. The van der Waals surface area contributed by atoms with Gasteiger partial charge in [0, 0.05) is 30.9 Å². The first-order valence-electron chi connectivity index (χ1n) is 10.5. The number of aromatic amines is 1. The number of nitrogens with one attached hydrogen (secondary N) is 1. The van der Waals surface area contributed by atoms with E-state index >= 15 is 0 Å². The van der Waals surface area contributed by atoms with Crippen molar-refractivity contribution in [3.63, 3.8) is 0 Å². The molecule has 0 unspecified atom stereocenters. The van der Waals surface area contributed by atoms with Crippen LogP contribution >= 0.6 is 0 Å². The maximum atomic E-state index is 12.9. The molecule has 0 spiro atoms. The molecule has 2 aromatic heterocycles. The van der Waals surface area contributed by atoms with Crippen LogP contribution in [0.2, 0.25) is 0 Å². The molecule has 1 aliphatic heterocycles. The average Bonchev–Trinajstić information content (AvgIpc) is 3.23. The highest BCUT2D eigenvalue weighted by Crippen LogP contribution is 2.36. The summed E-state index contributed by atoms with van der Waals surface area (Å²) in [6.45, 7) is 12.1. The maximum absolute atomic E-state index is 12.9. The van der Waals surface area contributed by atoms with Gasteiger partial charge in [0.1, 0.15) is 11.4 Å². The van der Waals surface area contributed by atoms with Gasteiger partial charge in [0.05, 0.1) is 17.4 Å². The molecule has 1 aliphatic rings. The van der Waals surface area contributed by atoms with Crippen LogP contribution in [0.15, 0.2) is 35.4 Å². The molecule has 3 aromatic rings. The Bertz CT molecular complexity index is 1170. The minimum Gasteiger partial charge on any atom is -0.444 e. The lowest BCUT2D eigenvalue weighted by Crippen LogP contribution is -2.42. The molecule has 1 aromatic carbocycles. The summed E-state index contributed by atoms with van der Waals surface area (Å²) in [6, 6.07) is 5.89. The van der Waals surface area contributed by atoms with Gasteiger partial charge in [0.25, 0.3) is 0 Å². The minimum absolute atomic E-state index is 0.255. The first-order chi connectivity index (χ1) is 14.5. The van der Waals surface area contributed by atoms with Crippen molar-refractivity contribution in [2.45, 2.75) is 59.6 Å². The fraction of sp³-hybridized carbons (Fsp3) is 0.435. The fourth-order valence-electron chi connectivity index (χ4n) is 4.20.